The van der Waals surface area contributed by atoms with Gasteiger partial charge in [0.2, 0.25) is 5.91 Å². The molecule has 5 aromatic rings. The smallest absolute Gasteiger partial charge is 0.389 e. The van der Waals surface area contributed by atoms with Gasteiger partial charge in [-0.15, -0.1) is 0 Å². The molecule has 1 aliphatic carbocycles. The summed E-state index contributed by atoms with van der Waals surface area (Å²) in [6.45, 7) is -0.584. The average molecular weight is 773 g/mol. The minimum Gasteiger partial charge on any atom is -0.389 e. The molecule has 18 heteroatoms. The third-order valence-corrected chi connectivity index (χ3v) is 10.7. The van der Waals surface area contributed by atoms with Gasteiger partial charge in [-0.05, 0) is 55.2 Å². The number of pyridine rings is 1. The van der Waals surface area contributed by atoms with Crippen LogP contribution in [-0.4, -0.2) is 87.8 Å². The van der Waals surface area contributed by atoms with E-state index < -0.39 is 71.1 Å². The minimum atomic E-state index is -4.34. The average Bonchev–Trinajstić information content (AvgIpc) is 3.88. The second-order valence-corrected chi connectivity index (χ2v) is 14.9. The van der Waals surface area contributed by atoms with E-state index >= 15 is 0 Å². The van der Waals surface area contributed by atoms with Crippen LogP contribution >= 0.6 is 0 Å². The molecule has 1 saturated carbocycles. The van der Waals surface area contributed by atoms with Gasteiger partial charge in [0.25, 0.3) is 21.8 Å². The Balaban J connectivity index is 1.15. The number of nitrogens with one attached hydrogen (secondary N) is 4. The predicted octanol–water partition coefficient (Wildman–Crippen LogP) is 2.38. The number of aliphatic hydroxyl groups excluding tert-OH is 1. The van der Waals surface area contributed by atoms with Crippen molar-refractivity contribution in [1.82, 2.24) is 35.8 Å². The monoisotopic (exact) mass is 772 g/mol. The number of amides is 4. The zero-order chi connectivity index (χ0) is 39.0. The number of hydrogen-bond acceptors (Lipinski definition) is 11. The molecule has 3 aromatic carbocycles. The Morgan fingerprint density at radius 1 is 0.945 bits per heavy atom. The highest BCUT2D eigenvalue weighted by Gasteiger charge is 2.35. The van der Waals surface area contributed by atoms with E-state index in [1.54, 1.807) is 60.8 Å². The van der Waals surface area contributed by atoms with Gasteiger partial charge in [-0.2, -0.15) is 10.6 Å². The molecule has 288 valence electrons. The van der Waals surface area contributed by atoms with Gasteiger partial charge in [0.05, 0.1) is 53.3 Å². The lowest BCUT2D eigenvalue weighted by molar-refractivity contribution is -0.145. The summed E-state index contributed by atoms with van der Waals surface area (Å²) in [5.41, 5.74) is 8.90. The van der Waals surface area contributed by atoms with Gasteiger partial charge < -0.3 is 26.3 Å². The highest BCUT2D eigenvalue weighted by atomic mass is 32.2. The molecule has 1 fully saturated rings. The fourth-order valence-electron chi connectivity index (χ4n) is 6.17. The van der Waals surface area contributed by atoms with Crippen LogP contribution in [0.2, 0.25) is 0 Å². The van der Waals surface area contributed by atoms with Crippen molar-refractivity contribution in [1.29, 1.82) is 0 Å². The molecule has 0 spiro atoms. The number of nitrogens with zero attached hydrogens (tertiary/aromatic N) is 3. The largest absolute Gasteiger partial charge is 0.431 e. The second-order valence-electron chi connectivity index (χ2n) is 13.1. The van der Waals surface area contributed by atoms with E-state index in [0.717, 1.165) is 22.7 Å². The zero-order valence-corrected chi connectivity index (χ0v) is 30.3. The Morgan fingerprint density at radius 3 is 2.44 bits per heavy atom. The van der Waals surface area contributed by atoms with Crippen molar-refractivity contribution in [2.24, 2.45) is 5.73 Å². The van der Waals surface area contributed by atoms with Crippen molar-refractivity contribution in [3.63, 3.8) is 0 Å². The van der Waals surface area contributed by atoms with Crippen LogP contribution in [-0.2, 0) is 35.7 Å². The molecule has 3 atom stereocenters. The molecular weight excluding hydrogens is 733 g/mol. The van der Waals surface area contributed by atoms with E-state index in [2.05, 4.69) is 25.8 Å². The number of sulfonamides is 1. The molecule has 6 rings (SSSR count). The first-order valence-electron chi connectivity index (χ1n) is 17.5. The fraction of sp³-hybridized carbons (Fsp3) is 0.297. The summed E-state index contributed by atoms with van der Waals surface area (Å²) >= 11 is 0. The Bertz CT molecular complexity index is 2260. The van der Waals surface area contributed by atoms with Crippen molar-refractivity contribution >= 4 is 55.6 Å². The van der Waals surface area contributed by atoms with Gasteiger partial charge >= 0.3 is 6.09 Å². The van der Waals surface area contributed by atoms with Gasteiger partial charge in [-0.1, -0.05) is 71.9 Å². The summed E-state index contributed by atoms with van der Waals surface area (Å²) < 4.78 is 28.7. The number of hydroxylamine groups is 2. The van der Waals surface area contributed by atoms with Crippen LogP contribution in [0, 0.1) is 0 Å². The van der Waals surface area contributed by atoms with E-state index in [9.17, 15) is 32.7 Å². The number of aromatic amines is 1. The molecule has 0 saturated heterocycles. The topological polar surface area (TPSA) is 248 Å². The molecule has 17 nitrogen and oxygen atoms in total. The molecule has 0 aliphatic heterocycles. The SMILES string of the molecule is NC(=O)CC(NC(=O)c1ccc2ccccc2n1)C(=O)NOC(=O)N[C@@H](Cc1ccccc1)[C@H](O)CN(OC1CCCC1)S(=O)(=O)c1ccc2cn[nH]c2c1. The summed E-state index contributed by atoms with van der Waals surface area (Å²) in [7, 11) is -4.34. The summed E-state index contributed by atoms with van der Waals surface area (Å²) in [6, 6.07) is 20.7. The zero-order valence-electron chi connectivity index (χ0n) is 29.5. The minimum absolute atomic E-state index is 0.0155. The number of carbonyl (C=O) groups excluding carboxylic acids is 4. The Morgan fingerprint density at radius 2 is 1.67 bits per heavy atom. The van der Waals surface area contributed by atoms with Crippen molar-refractivity contribution < 1.29 is 42.4 Å². The van der Waals surface area contributed by atoms with Gasteiger partial charge in [-0.3, -0.25) is 24.3 Å². The molecule has 2 heterocycles. The number of fused-ring (bicyclic) bond motifs is 2. The molecule has 2 aromatic heterocycles. The number of H-pyrrole nitrogens is 1. The quantitative estimate of drug-likeness (QED) is 0.0844. The Hall–Kier alpha value is -5.95. The Kier molecular flexibility index (Phi) is 12.3. The number of para-hydroxylation sites is 1. The normalized spacial score (nSPS) is 15.0. The summed E-state index contributed by atoms with van der Waals surface area (Å²) in [6.07, 6.45) is 0.668. The molecule has 0 bridgehead atoms. The van der Waals surface area contributed by atoms with Crippen molar-refractivity contribution in [3.05, 3.63) is 102 Å². The number of benzene rings is 3. The summed E-state index contributed by atoms with van der Waals surface area (Å²) in [5, 5.41) is 24.6. The van der Waals surface area contributed by atoms with Gasteiger partial charge in [0.15, 0.2) is 0 Å². The van der Waals surface area contributed by atoms with Crippen molar-refractivity contribution in [3.8, 4) is 0 Å². The lowest BCUT2D eigenvalue weighted by Gasteiger charge is -2.30. The number of carbonyl (C=O) groups is 4. The third-order valence-electron chi connectivity index (χ3n) is 9.05. The van der Waals surface area contributed by atoms with Crippen LogP contribution in [0.5, 0.6) is 0 Å². The molecule has 1 unspecified atom stereocenters. The number of nitrogens with two attached hydrogens (primary N) is 1. The van der Waals surface area contributed by atoms with Crippen LogP contribution in [0.3, 0.4) is 0 Å². The Labute approximate surface area is 315 Å². The highest BCUT2D eigenvalue weighted by molar-refractivity contribution is 7.89. The van der Waals surface area contributed by atoms with Gasteiger partial charge in [-0.25, -0.2) is 18.2 Å². The summed E-state index contributed by atoms with van der Waals surface area (Å²) in [4.78, 5) is 66.2. The molecular formula is C37H40N8O9S. The number of rotatable bonds is 15. The van der Waals surface area contributed by atoms with Crippen molar-refractivity contribution in [2.75, 3.05) is 6.54 Å². The first-order valence-corrected chi connectivity index (χ1v) is 19.0. The number of aliphatic hydroxyl groups is 1. The maximum Gasteiger partial charge on any atom is 0.431 e. The number of aromatic nitrogens is 3. The maximum absolute atomic E-state index is 14.0. The fourth-order valence-corrected chi connectivity index (χ4v) is 7.49. The van der Waals surface area contributed by atoms with Crippen LogP contribution in [0.1, 0.15) is 48.2 Å². The third kappa shape index (κ3) is 9.98. The molecule has 4 amide bonds. The lowest BCUT2D eigenvalue weighted by atomic mass is 10.0. The first kappa shape index (κ1) is 38.8. The van der Waals surface area contributed by atoms with Crippen LogP contribution in [0.15, 0.2) is 96.0 Å². The lowest BCUT2D eigenvalue weighted by Crippen LogP contribution is -2.53. The molecule has 1 aliphatic rings. The second kappa shape index (κ2) is 17.5. The summed E-state index contributed by atoms with van der Waals surface area (Å²) in [5.74, 6) is -2.79. The van der Waals surface area contributed by atoms with E-state index in [1.807, 2.05) is 17.6 Å². The molecule has 55 heavy (non-hydrogen) atoms. The van der Waals surface area contributed by atoms with Crippen LogP contribution in [0.4, 0.5) is 4.79 Å². The van der Waals surface area contributed by atoms with E-state index in [4.69, 9.17) is 15.4 Å². The van der Waals surface area contributed by atoms with E-state index in [1.165, 1.54) is 18.2 Å². The number of primary amides is 1. The van der Waals surface area contributed by atoms with E-state index in [0.29, 0.717) is 34.8 Å². The first-order chi connectivity index (χ1) is 26.5. The van der Waals surface area contributed by atoms with Gasteiger partial charge in [0, 0.05) is 10.8 Å². The highest BCUT2D eigenvalue weighted by Crippen LogP contribution is 2.27. The predicted molar refractivity (Wildman–Crippen MR) is 198 cm³/mol. The molecule has 0 radical (unpaired) electrons. The van der Waals surface area contributed by atoms with Gasteiger partial charge in [0.1, 0.15) is 11.7 Å². The van der Waals surface area contributed by atoms with Crippen LogP contribution < -0.4 is 21.8 Å². The standard InChI is InChI=1S/C37H40N8O9S/c38-34(47)20-32(41-35(48)29-17-15-24-10-4-7-13-28(24)40-29)36(49)44-53-37(50)42-31(18-23-8-2-1-3-9-23)33(46)22-45(54-26-11-5-6-12-26)55(51,52)27-16-14-25-21-39-43-30(25)19-27/h1-4,7-10,13-17,19,21,26,31-33,46H,5-6,11-12,18,20,22H2,(H2,38,47)(H,39,43)(H,41,48)(H,42,50)(H,44,49)/t31-,32?,33+/m0/s1. The van der Waals surface area contributed by atoms with Crippen molar-refractivity contribution in [2.45, 2.75) is 67.7 Å². The molecule has 7 N–H and O–H groups in total. The van der Waals surface area contributed by atoms with E-state index in [-0.39, 0.29) is 17.0 Å². The number of hydrogen-bond donors (Lipinski definition) is 6. The maximum atomic E-state index is 14.0. The van der Waals surface area contributed by atoms with Crippen LogP contribution in [0.25, 0.3) is 21.8 Å².